The van der Waals surface area contributed by atoms with Crippen molar-refractivity contribution in [2.45, 2.75) is 105 Å². The van der Waals surface area contributed by atoms with Crippen molar-refractivity contribution >= 4 is 24.2 Å². The van der Waals surface area contributed by atoms with Gasteiger partial charge >= 0.3 is 17.1 Å². The first-order valence-corrected chi connectivity index (χ1v) is 18.4. The molecule has 0 unspecified atom stereocenters. The quantitative estimate of drug-likeness (QED) is 0.127. The number of benzene rings is 4. The summed E-state index contributed by atoms with van der Waals surface area (Å²) in [6.07, 6.45) is 2.88. The van der Waals surface area contributed by atoms with Gasteiger partial charge in [-0.05, 0) is 79.3 Å². The van der Waals surface area contributed by atoms with E-state index in [4.69, 9.17) is 10.2 Å². The second kappa shape index (κ2) is 24.4. The Morgan fingerprint density at radius 1 is 0.517 bits per heavy atom. The van der Waals surface area contributed by atoms with E-state index >= 15 is 0 Å². The topological polar surface area (TPSA) is 169 Å². The summed E-state index contributed by atoms with van der Waals surface area (Å²) in [5.74, 6) is -0.721. The molecule has 0 aliphatic rings. The van der Waals surface area contributed by atoms with Crippen molar-refractivity contribution in [3.63, 3.8) is 0 Å². The van der Waals surface area contributed by atoms with E-state index in [2.05, 4.69) is 62.6 Å². The van der Waals surface area contributed by atoms with Gasteiger partial charge in [0.2, 0.25) is 0 Å². The summed E-state index contributed by atoms with van der Waals surface area (Å²) in [5.41, 5.74) is 9.88. The molecular weight excluding hydrogens is 796 g/mol. The molecule has 317 valence electrons. The number of nitrogens with one attached hydrogen (secondary N) is 2. The molecule has 0 saturated carbocycles. The summed E-state index contributed by atoms with van der Waals surface area (Å²) >= 11 is 0. The van der Waals surface area contributed by atoms with Crippen LogP contribution in [0.5, 0.6) is 11.5 Å². The zero-order valence-corrected chi connectivity index (χ0v) is 38.3. The number of hydrazone groups is 2. The van der Waals surface area contributed by atoms with Crippen molar-refractivity contribution in [1.82, 2.24) is 10.9 Å². The van der Waals surface area contributed by atoms with E-state index in [0.717, 1.165) is 36.5 Å². The van der Waals surface area contributed by atoms with E-state index < -0.39 is 0 Å². The number of aliphatic hydroxyl groups is 2. The first-order valence-electron chi connectivity index (χ1n) is 18.4. The third-order valence-corrected chi connectivity index (χ3v) is 8.39. The van der Waals surface area contributed by atoms with Crippen LogP contribution in [0, 0.1) is 0 Å². The SMILES string of the molecule is CC(C)(C)c1cc(/C=N/NC(=O)c2ccccc2)c([O-])c(C(C)(C)C)c1.CC(C)(C)c1cc(/C=N/NC(=O)c2ccccc2)c([O-])c(C(C)(C)C)c1.CO.CO.[Cl-].[Fe+3]. The van der Waals surface area contributed by atoms with Crippen LogP contribution in [0.4, 0.5) is 0 Å². The fraction of sp³-hybridized carbons (Fsp3) is 0.391. The van der Waals surface area contributed by atoms with Crippen LogP contribution in [-0.2, 0) is 38.7 Å². The molecule has 0 aliphatic carbocycles. The Morgan fingerprint density at radius 3 is 1.03 bits per heavy atom. The molecule has 0 heterocycles. The van der Waals surface area contributed by atoms with Gasteiger partial charge in [0.25, 0.3) is 11.8 Å². The van der Waals surface area contributed by atoms with Crippen LogP contribution >= 0.6 is 0 Å². The van der Waals surface area contributed by atoms with Gasteiger partial charge in [0.15, 0.2) is 0 Å². The predicted molar refractivity (Wildman–Crippen MR) is 226 cm³/mol. The van der Waals surface area contributed by atoms with Gasteiger partial charge in [-0.25, -0.2) is 10.9 Å². The molecule has 4 aromatic carbocycles. The fourth-order valence-electron chi connectivity index (χ4n) is 5.10. The van der Waals surface area contributed by atoms with Crippen molar-refractivity contribution in [1.29, 1.82) is 0 Å². The maximum absolute atomic E-state index is 12.8. The Kier molecular flexibility index (Phi) is 23.4. The minimum absolute atomic E-state index is 0. The smallest absolute Gasteiger partial charge is 1.00 e. The number of hydrogen-bond acceptors (Lipinski definition) is 8. The molecule has 0 aliphatic heterocycles. The Balaban J connectivity index is 0. The van der Waals surface area contributed by atoms with Crippen molar-refractivity contribution in [3.05, 3.63) is 129 Å². The van der Waals surface area contributed by atoms with Gasteiger partial charge in [0.05, 0.1) is 12.4 Å². The minimum Gasteiger partial charge on any atom is -1.00 e. The summed E-state index contributed by atoms with van der Waals surface area (Å²) < 4.78 is 0. The number of carbonyl (C=O) groups is 2. The largest absolute Gasteiger partial charge is 3.00 e. The average molecular weight is 858 g/mol. The third-order valence-electron chi connectivity index (χ3n) is 8.39. The molecule has 1 radical (unpaired) electrons. The van der Waals surface area contributed by atoms with Gasteiger partial charge < -0.3 is 32.8 Å². The summed E-state index contributed by atoms with van der Waals surface area (Å²) in [6, 6.07) is 25.4. The summed E-state index contributed by atoms with van der Waals surface area (Å²) in [5, 5.41) is 47.7. The van der Waals surface area contributed by atoms with Gasteiger partial charge in [-0.1, -0.05) is 155 Å². The van der Waals surface area contributed by atoms with Gasteiger partial charge in [-0.15, -0.1) is 0 Å². The predicted octanol–water partition coefficient (Wildman–Crippen LogP) is 4.46. The molecule has 0 spiro atoms. The van der Waals surface area contributed by atoms with Crippen molar-refractivity contribution in [3.8, 4) is 11.5 Å². The zero-order chi connectivity index (χ0) is 43.1. The van der Waals surface area contributed by atoms with Crippen LogP contribution < -0.4 is 33.5 Å². The molecule has 2 amide bonds. The molecule has 10 nitrogen and oxygen atoms in total. The van der Waals surface area contributed by atoms with E-state index in [0.29, 0.717) is 22.3 Å². The molecule has 4 N–H and O–H groups in total. The first-order chi connectivity index (χ1) is 26.0. The van der Waals surface area contributed by atoms with Gasteiger partial charge in [-0.3, -0.25) is 9.59 Å². The second-order valence-electron chi connectivity index (χ2n) is 17.0. The number of carbonyl (C=O) groups excluding carboxylic acids is 2. The molecule has 0 atom stereocenters. The molecule has 58 heavy (non-hydrogen) atoms. The molecule has 4 aromatic rings. The minimum atomic E-state index is -0.308. The number of hydrogen-bond donors (Lipinski definition) is 4. The molecule has 4 rings (SSSR count). The van der Waals surface area contributed by atoms with Gasteiger partial charge in [0, 0.05) is 25.3 Å². The van der Waals surface area contributed by atoms with Crippen LogP contribution in [0.15, 0.2) is 95.1 Å². The van der Waals surface area contributed by atoms with Crippen LogP contribution in [0.2, 0.25) is 0 Å². The standard InChI is InChI=1S/2C22H28N2O2.2CH4O.ClH.Fe/c2*1-21(2,3)17-12-16(19(25)18(13-17)22(4,5)6)14-23-24-20(26)15-10-8-7-9-11-15;2*1-2;;/h2*7-14,25H,1-6H3,(H,24,26);2*2H,1H3;1H;/q;;;;;+3/p-3/b2*23-14+;;;;. The van der Waals surface area contributed by atoms with E-state index in [1.54, 1.807) is 48.5 Å². The molecule has 0 fully saturated rings. The third kappa shape index (κ3) is 17.1. The normalized spacial score (nSPS) is 11.3. The number of aliphatic hydroxyl groups excluding tert-OH is 2. The Bertz CT molecular complexity index is 1780. The summed E-state index contributed by atoms with van der Waals surface area (Å²) in [4.78, 5) is 24.1. The van der Waals surface area contributed by atoms with Crippen LogP contribution in [0.3, 0.4) is 0 Å². The van der Waals surface area contributed by atoms with Crippen molar-refractivity contribution < 1.29 is 59.5 Å². The first kappa shape index (κ1) is 55.6. The van der Waals surface area contributed by atoms with Crippen LogP contribution in [0.1, 0.15) is 137 Å². The number of amides is 2. The number of nitrogens with zero attached hydrogens (tertiary/aromatic N) is 2. The molecular formula is C46H62ClFeN4O6. The fourth-order valence-corrected chi connectivity index (χ4v) is 5.10. The van der Waals surface area contributed by atoms with Gasteiger partial charge in [0.1, 0.15) is 0 Å². The van der Waals surface area contributed by atoms with Gasteiger partial charge in [-0.2, -0.15) is 10.2 Å². The summed E-state index contributed by atoms with van der Waals surface area (Å²) in [7, 11) is 2.00. The molecule has 0 saturated heterocycles. The van der Waals surface area contributed by atoms with Crippen molar-refractivity contribution in [2.24, 2.45) is 10.2 Å². The van der Waals surface area contributed by atoms with E-state index in [-0.39, 0.29) is 74.4 Å². The Morgan fingerprint density at radius 2 is 0.793 bits per heavy atom. The van der Waals surface area contributed by atoms with Crippen LogP contribution in [0.25, 0.3) is 0 Å². The number of rotatable bonds is 6. The summed E-state index contributed by atoms with van der Waals surface area (Å²) in [6.45, 7) is 24.8. The Hall–Kier alpha value is -4.51. The van der Waals surface area contributed by atoms with Crippen molar-refractivity contribution in [2.75, 3.05) is 14.2 Å². The molecule has 0 bridgehead atoms. The number of halogens is 1. The Labute approximate surface area is 363 Å². The van der Waals surface area contributed by atoms with E-state index in [9.17, 15) is 19.8 Å². The maximum atomic E-state index is 12.8. The maximum Gasteiger partial charge on any atom is 3.00 e. The molecule has 12 heteroatoms. The van der Waals surface area contributed by atoms with E-state index in [1.807, 2.05) is 77.9 Å². The second-order valence-corrected chi connectivity index (χ2v) is 17.0. The van der Waals surface area contributed by atoms with Crippen LogP contribution in [-0.4, -0.2) is 48.7 Å². The molecule has 0 aromatic heterocycles. The monoisotopic (exact) mass is 857 g/mol. The zero-order valence-electron chi connectivity index (χ0n) is 36.4. The van der Waals surface area contributed by atoms with E-state index in [1.165, 1.54) is 12.4 Å². The average Bonchev–Trinajstić information content (AvgIpc) is 3.13.